The first-order chi connectivity index (χ1) is 4.72. The molecule has 1 heterocycles. The molecule has 10 heavy (non-hydrogen) atoms. The normalized spacial score (nSPS) is 13.0. The summed E-state index contributed by atoms with van der Waals surface area (Å²) in [4.78, 5) is 11.1. The van der Waals surface area contributed by atoms with Gasteiger partial charge in [0.15, 0.2) is 5.78 Å². The molecule has 54 valence electrons. The first kappa shape index (κ1) is 7.76. The average Bonchev–Trinajstić information content (AvgIpc) is 2.36. The Morgan fingerprint density at radius 3 is 2.90 bits per heavy atom. The molecule has 0 saturated heterocycles. The molecule has 1 unspecified atom stereocenters. The zero-order valence-corrected chi connectivity index (χ0v) is 7.08. The second-order valence-corrected chi connectivity index (χ2v) is 3.43. The number of alkyl halides is 1. The lowest BCUT2D eigenvalue weighted by Gasteiger charge is -1.96. The van der Waals surface area contributed by atoms with Gasteiger partial charge < -0.3 is 0 Å². The molecule has 0 aliphatic carbocycles. The quantitative estimate of drug-likeness (QED) is 0.498. The molecule has 0 aromatic carbocycles. The van der Waals surface area contributed by atoms with Gasteiger partial charge >= 0.3 is 0 Å². The van der Waals surface area contributed by atoms with Crippen molar-refractivity contribution in [3.8, 4) is 0 Å². The Bertz CT molecular complexity index is 216. The van der Waals surface area contributed by atoms with Gasteiger partial charge in [-0.25, -0.2) is 0 Å². The number of rotatable bonds is 2. The minimum Gasteiger partial charge on any atom is -0.292 e. The van der Waals surface area contributed by atoms with Crippen molar-refractivity contribution < 1.29 is 4.79 Å². The molecule has 1 nitrogen and oxygen atoms in total. The van der Waals surface area contributed by atoms with Gasteiger partial charge in [0.2, 0.25) is 0 Å². The number of carbonyl (C=O) groups excluding carboxylic acids is 1. The number of ketones is 1. The van der Waals surface area contributed by atoms with Gasteiger partial charge in [-0.15, -0.1) is 11.6 Å². The third kappa shape index (κ3) is 1.58. The molecule has 0 aliphatic rings. The summed E-state index contributed by atoms with van der Waals surface area (Å²) in [6.45, 7) is 1.68. The Balaban J connectivity index is 2.78. The highest BCUT2D eigenvalue weighted by Gasteiger charge is 2.11. The molecule has 1 atom stereocenters. The van der Waals surface area contributed by atoms with Crippen molar-refractivity contribution in [2.45, 2.75) is 12.3 Å². The van der Waals surface area contributed by atoms with Crippen molar-refractivity contribution in [1.82, 2.24) is 0 Å². The van der Waals surface area contributed by atoms with Gasteiger partial charge in [-0.1, -0.05) is 0 Å². The maximum atomic E-state index is 11.1. The summed E-state index contributed by atoms with van der Waals surface area (Å²) in [5.74, 6) is 0.00270. The van der Waals surface area contributed by atoms with E-state index in [-0.39, 0.29) is 5.78 Å². The third-order valence-corrected chi connectivity index (χ3v) is 2.05. The van der Waals surface area contributed by atoms with Gasteiger partial charge in [0.25, 0.3) is 0 Å². The zero-order valence-electron chi connectivity index (χ0n) is 5.50. The highest BCUT2D eigenvalue weighted by Crippen LogP contribution is 2.11. The van der Waals surface area contributed by atoms with Gasteiger partial charge in [-0.3, -0.25) is 4.79 Å². The van der Waals surface area contributed by atoms with Crippen LogP contribution in [0, 0.1) is 0 Å². The predicted molar refractivity (Wildman–Crippen MR) is 44.0 cm³/mol. The van der Waals surface area contributed by atoms with E-state index in [1.165, 1.54) is 11.3 Å². The Kier molecular flexibility index (Phi) is 2.46. The van der Waals surface area contributed by atoms with Crippen molar-refractivity contribution in [2.75, 3.05) is 0 Å². The summed E-state index contributed by atoms with van der Waals surface area (Å²) in [6, 6.07) is 1.78. The van der Waals surface area contributed by atoms with Crippen molar-refractivity contribution in [3.63, 3.8) is 0 Å². The second-order valence-electron chi connectivity index (χ2n) is 1.99. The predicted octanol–water partition coefficient (Wildman–Crippen LogP) is 2.56. The molecule has 0 spiro atoms. The Morgan fingerprint density at radius 1 is 1.80 bits per heavy atom. The first-order valence-corrected chi connectivity index (χ1v) is 4.30. The van der Waals surface area contributed by atoms with E-state index in [0.29, 0.717) is 5.56 Å². The van der Waals surface area contributed by atoms with Crippen LogP contribution in [0.1, 0.15) is 17.3 Å². The second kappa shape index (κ2) is 3.17. The Hall–Kier alpha value is -0.340. The average molecular weight is 175 g/mol. The Labute approximate surface area is 68.6 Å². The van der Waals surface area contributed by atoms with Gasteiger partial charge in [0, 0.05) is 10.9 Å². The van der Waals surface area contributed by atoms with E-state index in [2.05, 4.69) is 0 Å². The standard InChI is InChI=1S/C7H7ClOS/c1-5(8)7(9)6-2-3-10-4-6/h2-5H,1H3. The topological polar surface area (TPSA) is 17.1 Å². The molecule has 3 heteroatoms. The fourth-order valence-corrected chi connectivity index (χ4v) is 1.41. The molecule has 1 rings (SSSR count). The van der Waals surface area contributed by atoms with E-state index in [1.54, 1.807) is 18.4 Å². The van der Waals surface area contributed by atoms with Crippen LogP contribution in [0.3, 0.4) is 0 Å². The Morgan fingerprint density at radius 2 is 2.50 bits per heavy atom. The maximum Gasteiger partial charge on any atom is 0.181 e. The van der Waals surface area contributed by atoms with E-state index < -0.39 is 5.38 Å². The van der Waals surface area contributed by atoms with Crippen molar-refractivity contribution >= 4 is 28.7 Å². The SMILES string of the molecule is CC(Cl)C(=O)c1ccsc1. The molecular formula is C7H7ClOS. The summed E-state index contributed by atoms with van der Waals surface area (Å²) in [7, 11) is 0. The van der Waals surface area contributed by atoms with Crippen LogP contribution < -0.4 is 0 Å². The van der Waals surface area contributed by atoms with Crippen LogP contribution in [0.5, 0.6) is 0 Å². The first-order valence-electron chi connectivity index (χ1n) is 2.92. The van der Waals surface area contributed by atoms with E-state index in [1.807, 2.05) is 5.38 Å². The molecule has 1 aromatic heterocycles. The number of carbonyl (C=O) groups is 1. The van der Waals surface area contributed by atoms with E-state index >= 15 is 0 Å². The summed E-state index contributed by atoms with van der Waals surface area (Å²) >= 11 is 7.08. The lowest BCUT2D eigenvalue weighted by Crippen LogP contribution is -2.08. The van der Waals surface area contributed by atoms with Gasteiger partial charge in [0.05, 0.1) is 5.38 Å². The third-order valence-electron chi connectivity index (χ3n) is 1.17. The molecule has 0 radical (unpaired) electrons. The van der Waals surface area contributed by atoms with Crippen LogP contribution in [0.25, 0.3) is 0 Å². The van der Waals surface area contributed by atoms with Crippen LogP contribution in [-0.4, -0.2) is 11.2 Å². The van der Waals surface area contributed by atoms with E-state index in [0.717, 1.165) is 0 Å². The molecular weight excluding hydrogens is 168 g/mol. The summed E-state index contributed by atoms with van der Waals surface area (Å²) in [6.07, 6.45) is 0. The molecule has 1 aromatic rings. The van der Waals surface area contributed by atoms with Gasteiger partial charge in [-0.05, 0) is 18.4 Å². The summed E-state index contributed by atoms with van der Waals surface area (Å²) < 4.78 is 0. The van der Waals surface area contributed by atoms with E-state index in [4.69, 9.17) is 11.6 Å². The monoisotopic (exact) mass is 174 g/mol. The molecule has 0 amide bonds. The van der Waals surface area contributed by atoms with Crippen LogP contribution in [-0.2, 0) is 0 Å². The number of Topliss-reactive ketones (excluding diaryl/α,β-unsaturated/α-hetero) is 1. The van der Waals surface area contributed by atoms with E-state index in [9.17, 15) is 4.79 Å². The largest absolute Gasteiger partial charge is 0.292 e. The minimum atomic E-state index is -0.408. The van der Waals surface area contributed by atoms with Crippen molar-refractivity contribution in [2.24, 2.45) is 0 Å². The smallest absolute Gasteiger partial charge is 0.181 e. The maximum absolute atomic E-state index is 11.1. The molecule has 0 bridgehead atoms. The zero-order chi connectivity index (χ0) is 7.56. The van der Waals surface area contributed by atoms with Crippen LogP contribution in [0.4, 0.5) is 0 Å². The summed E-state index contributed by atoms with van der Waals surface area (Å²) in [5, 5.41) is 3.27. The lowest BCUT2D eigenvalue weighted by molar-refractivity contribution is 0.0992. The number of hydrogen-bond acceptors (Lipinski definition) is 2. The fourth-order valence-electron chi connectivity index (χ4n) is 0.634. The van der Waals surface area contributed by atoms with Crippen LogP contribution >= 0.6 is 22.9 Å². The summed E-state index contributed by atoms with van der Waals surface area (Å²) in [5.41, 5.74) is 0.715. The number of hydrogen-bond donors (Lipinski definition) is 0. The highest BCUT2D eigenvalue weighted by molar-refractivity contribution is 7.08. The molecule has 0 saturated carbocycles. The molecule has 0 fully saturated rings. The van der Waals surface area contributed by atoms with Crippen molar-refractivity contribution in [3.05, 3.63) is 22.4 Å². The number of thiophene rings is 1. The number of halogens is 1. The van der Waals surface area contributed by atoms with Gasteiger partial charge in [0.1, 0.15) is 0 Å². The van der Waals surface area contributed by atoms with Crippen LogP contribution in [0.15, 0.2) is 16.8 Å². The highest BCUT2D eigenvalue weighted by atomic mass is 35.5. The minimum absolute atomic E-state index is 0.00270. The molecule has 0 aliphatic heterocycles. The van der Waals surface area contributed by atoms with Crippen LogP contribution in [0.2, 0.25) is 0 Å². The lowest BCUT2D eigenvalue weighted by atomic mass is 10.2. The van der Waals surface area contributed by atoms with Gasteiger partial charge in [-0.2, -0.15) is 11.3 Å². The van der Waals surface area contributed by atoms with Crippen molar-refractivity contribution in [1.29, 1.82) is 0 Å². The molecule has 0 N–H and O–H groups in total. The fraction of sp³-hybridized carbons (Fsp3) is 0.286.